The Morgan fingerprint density at radius 2 is 1.68 bits per heavy atom. The van der Waals surface area contributed by atoms with E-state index in [4.69, 9.17) is 9.47 Å². The molecule has 0 radical (unpaired) electrons. The molecule has 25 heavy (non-hydrogen) atoms. The normalized spacial score (nSPS) is 17.0. The first-order chi connectivity index (χ1) is 11.8. The lowest BCUT2D eigenvalue weighted by Crippen LogP contribution is -2.55. The van der Waals surface area contributed by atoms with E-state index < -0.39 is 5.60 Å². The van der Waals surface area contributed by atoms with Crippen LogP contribution in [0.5, 0.6) is 0 Å². The van der Waals surface area contributed by atoms with Gasteiger partial charge in [-0.3, -0.25) is 9.69 Å². The van der Waals surface area contributed by atoms with Gasteiger partial charge >= 0.3 is 12.1 Å². The van der Waals surface area contributed by atoms with Gasteiger partial charge in [-0.25, -0.2) is 4.79 Å². The molecular formula is C19H28N2O4. The molecule has 0 N–H and O–H groups in total. The van der Waals surface area contributed by atoms with Crippen LogP contribution in [-0.4, -0.2) is 66.8 Å². The second kappa shape index (κ2) is 8.34. The molecule has 1 aromatic rings. The van der Waals surface area contributed by atoms with Crippen LogP contribution in [0.15, 0.2) is 30.3 Å². The number of esters is 1. The number of carbonyl (C=O) groups excluding carboxylic acids is 2. The number of amides is 1. The first-order valence-electron chi connectivity index (χ1n) is 8.64. The van der Waals surface area contributed by atoms with Crippen molar-refractivity contribution >= 4 is 12.1 Å². The van der Waals surface area contributed by atoms with E-state index in [2.05, 4.69) is 4.90 Å². The van der Waals surface area contributed by atoms with Crippen molar-refractivity contribution in [1.29, 1.82) is 0 Å². The van der Waals surface area contributed by atoms with E-state index >= 15 is 0 Å². The van der Waals surface area contributed by atoms with E-state index in [9.17, 15) is 9.59 Å². The van der Waals surface area contributed by atoms with Crippen LogP contribution in [0.25, 0.3) is 0 Å². The molecular weight excluding hydrogens is 320 g/mol. The Balaban J connectivity index is 1.97. The standard InChI is InChI=1S/C19H28N2O4/c1-19(2,3)25-18(23)21-12-10-20(11-13-21)16(17(22)24-4)14-15-8-6-5-7-9-15/h5-9,16H,10-14H2,1-4H3/t16-/m1/s1. The quantitative estimate of drug-likeness (QED) is 0.782. The molecule has 1 fully saturated rings. The van der Waals surface area contributed by atoms with Gasteiger partial charge in [0.15, 0.2) is 0 Å². The van der Waals surface area contributed by atoms with Crippen LogP contribution in [0.3, 0.4) is 0 Å². The lowest BCUT2D eigenvalue weighted by molar-refractivity contribution is -0.147. The predicted octanol–water partition coefficient (Wildman–Crippen LogP) is 2.32. The summed E-state index contributed by atoms with van der Waals surface area (Å²) >= 11 is 0. The average Bonchev–Trinajstić information content (AvgIpc) is 2.58. The fourth-order valence-corrected chi connectivity index (χ4v) is 2.88. The molecule has 0 aliphatic carbocycles. The van der Waals surface area contributed by atoms with E-state index in [1.54, 1.807) is 4.90 Å². The van der Waals surface area contributed by atoms with Gasteiger partial charge in [-0.1, -0.05) is 30.3 Å². The number of benzene rings is 1. The van der Waals surface area contributed by atoms with Crippen LogP contribution in [0.2, 0.25) is 0 Å². The summed E-state index contributed by atoms with van der Waals surface area (Å²) in [5.74, 6) is -0.241. The molecule has 1 aliphatic rings. The van der Waals surface area contributed by atoms with Crippen LogP contribution in [-0.2, 0) is 20.7 Å². The van der Waals surface area contributed by atoms with Gasteiger partial charge in [-0.2, -0.15) is 0 Å². The largest absolute Gasteiger partial charge is 0.468 e. The number of hydrogen-bond donors (Lipinski definition) is 0. The van der Waals surface area contributed by atoms with Crippen LogP contribution in [0.1, 0.15) is 26.3 Å². The van der Waals surface area contributed by atoms with Gasteiger partial charge in [0.1, 0.15) is 11.6 Å². The number of hydrogen-bond acceptors (Lipinski definition) is 5. The molecule has 0 spiro atoms. The van der Waals surface area contributed by atoms with Crippen LogP contribution in [0.4, 0.5) is 4.79 Å². The summed E-state index contributed by atoms with van der Waals surface area (Å²) in [5, 5.41) is 0. The minimum atomic E-state index is -0.504. The van der Waals surface area contributed by atoms with Gasteiger partial charge in [0.05, 0.1) is 7.11 Å². The summed E-state index contributed by atoms with van der Waals surface area (Å²) < 4.78 is 10.4. The highest BCUT2D eigenvalue weighted by Gasteiger charge is 2.32. The van der Waals surface area contributed by atoms with E-state index in [1.165, 1.54) is 7.11 Å². The topological polar surface area (TPSA) is 59.1 Å². The Morgan fingerprint density at radius 1 is 1.08 bits per heavy atom. The minimum absolute atomic E-state index is 0.241. The summed E-state index contributed by atoms with van der Waals surface area (Å²) in [5.41, 5.74) is 0.586. The van der Waals surface area contributed by atoms with E-state index in [1.807, 2.05) is 51.1 Å². The highest BCUT2D eigenvalue weighted by molar-refractivity contribution is 5.76. The lowest BCUT2D eigenvalue weighted by atomic mass is 10.0. The van der Waals surface area contributed by atoms with Gasteiger partial charge < -0.3 is 14.4 Å². The molecule has 0 saturated carbocycles. The number of nitrogens with zero attached hydrogens (tertiary/aromatic N) is 2. The molecule has 6 nitrogen and oxygen atoms in total. The zero-order valence-corrected chi connectivity index (χ0v) is 15.5. The molecule has 1 heterocycles. The highest BCUT2D eigenvalue weighted by atomic mass is 16.6. The molecule has 2 rings (SSSR count). The number of ether oxygens (including phenoxy) is 2. The molecule has 1 aromatic carbocycles. The van der Waals surface area contributed by atoms with Crippen molar-refractivity contribution in [2.24, 2.45) is 0 Å². The zero-order valence-electron chi connectivity index (χ0n) is 15.5. The van der Waals surface area contributed by atoms with Crippen molar-refractivity contribution in [3.63, 3.8) is 0 Å². The van der Waals surface area contributed by atoms with Gasteiger partial charge in [-0.05, 0) is 32.8 Å². The second-order valence-electron chi connectivity index (χ2n) is 7.23. The van der Waals surface area contributed by atoms with E-state index in [-0.39, 0.29) is 18.1 Å². The molecule has 0 unspecified atom stereocenters. The summed E-state index contributed by atoms with van der Waals surface area (Å²) in [6.07, 6.45) is 0.296. The summed E-state index contributed by atoms with van der Waals surface area (Å²) in [7, 11) is 1.41. The Morgan fingerprint density at radius 3 is 2.20 bits per heavy atom. The Hall–Kier alpha value is -2.08. The zero-order chi connectivity index (χ0) is 18.4. The minimum Gasteiger partial charge on any atom is -0.468 e. The Kier molecular flexibility index (Phi) is 6.42. The molecule has 6 heteroatoms. The average molecular weight is 348 g/mol. The van der Waals surface area contributed by atoms with Crippen molar-refractivity contribution in [2.45, 2.75) is 38.8 Å². The molecule has 1 aliphatic heterocycles. The van der Waals surface area contributed by atoms with Crippen molar-refractivity contribution < 1.29 is 19.1 Å². The van der Waals surface area contributed by atoms with Crippen molar-refractivity contribution in [1.82, 2.24) is 9.80 Å². The third-order valence-corrected chi connectivity index (χ3v) is 4.15. The van der Waals surface area contributed by atoms with Crippen LogP contribution >= 0.6 is 0 Å². The maximum Gasteiger partial charge on any atom is 0.410 e. The third-order valence-electron chi connectivity index (χ3n) is 4.15. The molecule has 1 atom stereocenters. The number of rotatable bonds is 4. The SMILES string of the molecule is COC(=O)[C@@H](Cc1ccccc1)N1CCN(C(=O)OC(C)(C)C)CC1. The third kappa shape index (κ3) is 5.74. The molecule has 1 saturated heterocycles. The summed E-state index contributed by atoms with van der Waals surface area (Å²) in [6.45, 7) is 7.88. The molecule has 1 amide bonds. The van der Waals surface area contributed by atoms with Gasteiger partial charge in [0.2, 0.25) is 0 Å². The Bertz CT molecular complexity index is 575. The number of methoxy groups -OCH3 is 1. The molecule has 0 aromatic heterocycles. The highest BCUT2D eigenvalue weighted by Crippen LogP contribution is 2.16. The van der Waals surface area contributed by atoms with Crippen molar-refractivity contribution in [3.8, 4) is 0 Å². The summed E-state index contributed by atoms with van der Waals surface area (Å²) in [4.78, 5) is 28.2. The van der Waals surface area contributed by atoms with Crippen molar-refractivity contribution in [2.75, 3.05) is 33.3 Å². The van der Waals surface area contributed by atoms with Crippen molar-refractivity contribution in [3.05, 3.63) is 35.9 Å². The molecule has 0 bridgehead atoms. The fraction of sp³-hybridized carbons (Fsp3) is 0.579. The first kappa shape index (κ1) is 19.2. The van der Waals surface area contributed by atoms with Gasteiger partial charge in [-0.15, -0.1) is 0 Å². The molecule has 138 valence electrons. The maximum atomic E-state index is 12.2. The van der Waals surface area contributed by atoms with E-state index in [0.717, 1.165) is 5.56 Å². The van der Waals surface area contributed by atoms with Gasteiger partial charge in [0, 0.05) is 26.2 Å². The smallest absolute Gasteiger partial charge is 0.410 e. The monoisotopic (exact) mass is 348 g/mol. The van der Waals surface area contributed by atoms with E-state index in [0.29, 0.717) is 32.6 Å². The number of carbonyl (C=O) groups is 2. The fourth-order valence-electron chi connectivity index (χ4n) is 2.88. The Labute approximate surface area is 149 Å². The van der Waals surface area contributed by atoms with Crippen LogP contribution < -0.4 is 0 Å². The predicted molar refractivity (Wildman–Crippen MR) is 95.3 cm³/mol. The van der Waals surface area contributed by atoms with Crippen LogP contribution in [0, 0.1) is 0 Å². The lowest BCUT2D eigenvalue weighted by Gasteiger charge is -2.38. The number of piperazine rings is 1. The second-order valence-corrected chi connectivity index (χ2v) is 7.23. The maximum absolute atomic E-state index is 12.2. The first-order valence-corrected chi connectivity index (χ1v) is 8.64. The van der Waals surface area contributed by atoms with Gasteiger partial charge in [0.25, 0.3) is 0 Å². The summed E-state index contributed by atoms with van der Waals surface area (Å²) in [6, 6.07) is 9.55.